The monoisotopic (exact) mass is 314 g/mol. The second kappa shape index (κ2) is 5.56. The van der Waals surface area contributed by atoms with Crippen LogP contribution in [0.1, 0.15) is 23.8 Å². The lowest BCUT2D eigenvalue weighted by atomic mass is 10.2. The maximum absolute atomic E-state index is 12.1. The van der Waals surface area contributed by atoms with Gasteiger partial charge in [-0.05, 0) is 28.9 Å². The normalized spacial score (nSPS) is 14.6. The molecule has 0 aliphatic carbocycles. The van der Waals surface area contributed by atoms with Crippen LogP contribution in [0.2, 0.25) is 0 Å². The summed E-state index contributed by atoms with van der Waals surface area (Å²) in [5, 5.41) is 0. The van der Waals surface area contributed by atoms with Crippen molar-refractivity contribution in [1.82, 2.24) is 9.47 Å². The third-order valence-electron chi connectivity index (χ3n) is 2.87. The Morgan fingerprint density at radius 2 is 2.28 bits per heavy atom. The first kappa shape index (κ1) is 13.1. The molecule has 18 heavy (non-hydrogen) atoms. The minimum atomic E-state index is -0.257. The van der Waals surface area contributed by atoms with E-state index in [0.29, 0.717) is 25.4 Å². The molecule has 1 aromatic rings. The molecule has 1 aliphatic rings. The van der Waals surface area contributed by atoms with Crippen LogP contribution in [0, 0.1) is 0 Å². The molecule has 5 nitrogen and oxygen atoms in total. The average Bonchev–Trinajstić information content (AvgIpc) is 2.70. The first-order chi connectivity index (χ1) is 8.61. The van der Waals surface area contributed by atoms with Crippen LogP contribution >= 0.6 is 15.9 Å². The molecule has 2 rings (SSSR count). The fourth-order valence-electron chi connectivity index (χ4n) is 2.00. The molecule has 0 saturated heterocycles. The molecule has 0 unspecified atom stereocenters. The first-order valence-electron chi connectivity index (χ1n) is 5.92. The van der Waals surface area contributed by atoms with Crippen molar-refractivity contribution in [2.75, 3.05) is 19.7 Å². The van der Waals surface area contributed by atoms with Gasteiger partial charge in [0.15, 0.2) is 0 Å². The summed E-state index contributed by atoms with van der Waals surface area (Å²) in [7, 11) is 0. The van der Waals surface area contributed by atoms with Gasteiger partial charge in [0, 0.05) is 30.3 Å². The zero-order valence-corrected chi connectivity index (χ0v) is 11.8. The van der Waals surface area contributed by atoms with E-state index in [-0.39, 0.29) is 18.3 Å². The maximum Gasteiger partial charge on any atom is 0.307 e. The van der Waals surface area contributed by atoms with Gasteiger partial charge in [0.2, 0.25) is 0 Å². The minimum Gasteiger partial charge on any atom is -0.466 e. The molecule has 1 aromatic heterocycles. The Balaban J connectivity index is 1.97. The number of aromatic nitrogens is 1. The molecule has 0 bridgehead atoms. The number of nitrogens with zero attached hydrogens (tertiary/aromatic N) is 2. The molecular weight excluding hydrogens is 300 g/mol. The lowest BCUT2D eigenvalue weighted by molar-refractivity contribution is -0.143. The smallest absolute Gasteiger partial charge is 0.307 e. The van der Waals surface area contributed by atoms with Gasteiger partial charge in [0.1, 0.15) is 5.69 Å². The number of ether oxygens (including phenoxy) is 1. The van der Waals surface area contributed by atoms with Crippen molar-refractivity contribution >= 4 is 27.8 Å². The summed E-state index contributed by atoms with van der Waals surface area (Å²) in [6, 6.07) is 1.80. The van der Waals surface area contributed by atoms with E-state index in [1.54, 1.807) is 17.9 Å². The van der Waals surface area contributed by atoms with Crippen LogP contribution in [-0.4, -0.2) is 41.0 Å². The van der Waals surface area contributed by atoms with Crippen LogP contribution in [0.3, 0.4) is 0 Å². The number of esters is 1. The van der Waals surface area contributed by atoms with E-state index in [2.05, 4.69) is 15.9 Å². The van der Waals surface area contributed by atoms with E-state index in [9.17, 15) is 9.59 Å². The number of fused-ring (bicyclic) bond motifs is 1. The largest absolute Gasteiger partial charge is 0.466 e. The highest BCUT2D eigenvalue weighted by Gasteiger charge is 2.25. The predicted octanol–water partition coefficient (Wildman–Crippen LogP) is 1.66. The molecular formula is C12H15BrN2O3. The zero-order valence-electron chi connectivity index (χ0n) is 10.2. The summed E-state index contributed by atoms with van der Waals surface area (Å²) in [6.07, 6.45) is 2.15. The maximum atomic E-state index is 12.1. The first-order valence-corrected chi connectivity index (χ1v) is 6.71. The summed E-state index contributed by atoms with van der Waals surface area (Å²) in [5.74, 6) is -0.288. The Bertz CT molecular complexity index is 470. The predicted molar refractivity (Wildman–Crippen MR) is 69.3 cm³/mol. The number of amides is 1. The van der Waals surface area contributed by atoms with Crippen LogP contribution in [0.25, 0.3) is 0 Å². The van der Waals surface area contributed by atoms with Crippen molar-refractivity contribution in [2.24, 2.45) is 0 Å². The number of carbonyl (C=O) groups is 2. The highest BCUT2D eigenvalue weighted by molar-refractivity contribution is 9.10. The molecule has 1 aliphatic heterocycles. The third-order valence-corrected chi connectivity index (χ3v) is 3.31. The summed E-state index contributed by atoms with van der Waals surface area (Å²) >= 11 is 3.36. The highest BCUT2D eigenvalue weighted by Crippen LogP contribution is 2.20. The number of hydrogen-bond donors (Lipinski definition) is 0. The molecule has 0 saturated carbocycles. The number of hydrogen-bond acceptors (Lipinski definition) is 3. The molecule has 0 N–H and O–H groups in total. The van der Waals surface area contributed by atoms with Gasteiger partial charge < -0.3 is 14.2 Å². The van der Waals surface area contributed by atoms with Gasteiger partial charge >= 0.3 is 5.97 Å². The molecule has 2 heterocycles. The van der Waals surface area contributed by atoms with Crippen LogP contribution in [0.15, 0.2) is 16.7 Å². The Hall–Kier alpha value is -1.30. The Morgan fingerprint density at radius 3 is 3.00 bits per heavy atom. The number of halogens is 1. The van der Waals surface area contributed by atoms with Crippen molar-refractivity contribution < 1.29 is 14.3 Å². The summed E-state index contributed by atoms with van der Waals surface area (Å²) in [6.45, 7) is 3.96. The van der Waals surface area contributed by atoms with Gasteiger partial charge in [-0.2, -0.15) is 0 Å². The van der Waals surface area contributed by atoms with Crippen LogP contribution in [0.4, 0.5) is 0 Å². The quantitative estimate of drug-likeness (QED) is 0.794. The van der Waals surface area contributed by atoms with Gasteiger partial charge in [-0.15, -0.1) is 0 Å². The van der Waals surface area contributed by atoms with E-state index in [1.807, 2.05) is 10.8 Å². The van der Waals surface area contributed by atoms with Crippen molar-refractivity contribution in [1.29, 1.82) is 0 Å². The minimum absolute atomic E-state index is 0.0313. The fourth-order valence-corrected chi connectivity index (χ4v) is 2.47. The summed E-state index contributed by atoms with van der Waals surface area (Å²) in [4.78, 5) is 25.1. The molecule has 1 amide bonds. The van der Waals surface area contributed by atoms with Crippen molar-refractivity contribution in [3.63, 3.8) is 0 Å². The average molecular weight is 315 g/mol. The van der Waals surface area contributed by atoms with Gasteiger partial charge in [0.05, 0.1) is 13.0 Å². The Labute approximate surface area is 114 Å². The topological polar surface area (TPSA) is 51.5 Å². The molecule has 0 fully saturated rings. The van der Waals surface area contributed by atoms with Gasteiger partial charge in [-0.1, -0.05) is 0 Å². The lowest BCUT2D eigenvalue weighted by Gasteiger charge is -2.27. The van der Waals surface area contributed by atoms with E-state index >= 15 is 0 Å². The zero-order chi connectivity index (χ0) is 13.1. The second-order valence-corrected chi connectivity index (χ2v) is 5.00. The van der Waals surface area contributed by atoms with Gasteiger partial charge in [-0.3, -0.25) is 9.59 Å². The molecule has 0 atom stereocenters. The highest BCUT2D eigenvalue weighted by atomic mass is 79.9. The Morgan fingerprint density at radius 1 is 1.50 bits per heavy atom. The van der Waals surface area contributed by atoms with Crippen LogP contribution < -0.4 is 0 Å². The number of rotatable bonds is 4. The number of carbonyl (C=O) groups excluding carboxylic acids is 2. The van der Waals surface area contributed by atoms with Crippen LogP contribution in [0.5, 0.6) is 0 Å². The van der Waals surface area contributed by atoms with E-state index in [1.165, 1.54) is 0 Å². The van der Waals surface area contributed by atoms with E-state index in [4.69, 9.17) is 4.74 Å². The molecule has 0 radical (unpaired) electrons. The summed E-state index contributed by atoms with van der Waals surface area (Å²) in [5.41, 5.74) is 0.664. The standard InChI is InChI=1S/C12H15BrN2O3/c1-2-18-11(16)3-4-14-5-6-15-8-9(13)7-10(15)12(14)17/h7-8H,2-6H2,1H3. The summed E-state index contributed by atoms with van der Waals surface area (Å²) < 4.78 is 7.68. The van der Waals surface area contributed by atoms with Crippen molar-refractivity contribution in [3.05, 3.63) is 22.4 Å². The molecule has 6 heteroatoms. The SMILES string of the molecule is CCOC(=O)CCN1CCn2cc(Br)cc2C1=O. The lowest BCUT2D eigenvalue weighted by Crippen LogP contribution is -2.41. The fraction of sp³-hybridized carbons (Fsp3) is 0.500. The Kier molecular flexibility index (Phi) is 4.06. The second-order valence-electron chi connectivity index (χ2n) is 4.08. The molecule has 0 aromatic carbocycles. The third kappa shape index (κ3) is 2.75. The van der Waals surface area contributed by atoms with Gasteiger partial charge in [-0.25, -0.2) is 0 Å². The molecule has 0 spiro atoms. The molecule has 98 valence electrons. The van der Waals surface area contributed by atoms with Crippen molar-refractivity contribution in [3.8, 4) is 0 Å². The van der Waals surface area contributed by atoms with Crippen LogP contribution in [-0.2, 0) is 16.1 Å². The van der Waals surface area contributed by atoms with Crippen molar-refractivity contribution in [2.45, 2.75) is 19.9 Å². The van der Waals surface area contributed by atoms with E-state index < -0.39 is 0 Å². The van der Waals surface area contributed by atoms with Gasteiger partial charge in [0.25, 0.3) is 5.91 Å². The van der Waals surface area contributed by atoms with E-state index in [0.717, 1.165) is 11.0 Å².